The molecule has 0 N–H and O–H groups in total. The van der Waals surface area contributed by atoms with Gasteiger partial charge in [-0.05, 0) is 62.7 Å². The summed E-state index contributed by atoms with van der Waals surface area (Å²) in [5.41, 5.74) is 1.17. The maximum absolute atomic E-state index is 12.5. The average molecular weight is 381 g/mol. The number of hydrogen-bond donors (Lipinski definition) is 0. The van der Waals surface area contributed by atoms with Gasteiger partial charge in [0, 0.05) is 17.3 Å². The highest BCUT2D eigenvalue weighted by Gasteiger charge is 2.60. The fourth-order valence-electron chi connectivity index (χ4n) is 6.84. The fourth-order valence-corrected chi connectivity index (χ4v) is 6.93. The first-order chi connectivity index (χ1) is 12.4. The summed E-state index contributed by atoms with van der Waals surface area (Å²) in [5, 5.41) is 0. The molecule has 26 heavy (non-hydrogen) atoms. The Bertz CT molecular complexity index is 644. The highest BCUT2D eigenvalue weighted by atomic mass is 35.5. The second kappa shape index (κ2) is 6.54. The molecule has 4 aliphatic rings. The van der Waals surface area contributed by atoms with Crippen molar-refractivity contribution in [1.82, 2.24) is 0 Å². The quantitative estimate of drug-likeness (QED) is 0.373. The molecule has 3 saturated carbocycles. The van der Waals surface area contributed by atoms with Crippen LogP contribution in [0.1, 0.15) is 65.2 Å². The molecule has 0 aromatic heterocycles. The van der Waals surface area contributed by atoms with E-state index >= 15 is 0 Å². The molecule has 4 nitrogen and oxygen atoms in total. The van der Waals surface area contributed by atoms with Gasteiger partial charge >= 0.3 is 6.16 Å². The Labute approximate surface area is 160 Å². The first kappa shape index (κ1) is 18.3. The molecular weight excluding hydrogens is 352 g/mol. The van der Waals surface area contributed by atoms with Gasteiger partial charge in [-0.25, -0.2) is 4.79 Å². The molecular formula is C21H29ClO4. The zero-order valence-electron chi connectivity index (χ0n) is 15.8. The molecule has 1 unspecified atom stereocenters. The van der Waals surface area contributed by atoms with Gasteiger partial charge in [0.2, 0.25) is 0 Å². The van der Waals surface area contributed by atoms with Crippen LogP contribution in [0, 0.1) is 28.6 Å². The Morgan fingerprint density at radius 1 is 1.23 bits per heavy atom. The van der Waals surface area contributed by atoms with Gasteiger partial charge in [-0.2, -0.15) is 0 Å². The van der Waals surface area contributed by atoms with E-state index < -0.39 is 6.16 Å². The second-order valence-electron chi connectivity index (χ2n) is 9.04. The number of ether oxygens (including phenoxy) is 2. The number of hydrogen-bond acceptors (Lipinski definition) is 4. The van der Waals surface area contributed by atoms with E-state index in [1.807, 2.05) is 0 Å². The molecule has 4 rings (SSSR count). The van der Waals surface area contributed by atoms with Crippen LogP contribution in [0.2, 0.25) is 0 Å². The van der Waals surface area contributed by atoms with Crippen molar-refractivity contribution >= 4 is 23.5 Å². The van der Waals surface area contributed by atoms with Gasteiger partial charge in [0.05, 0.1) is 0 Å². The van der Waals surface area contributed by atoms with Crippen LogP contribution in [0.5, 0.6) is 0 Å². The maximum atomic E-state index is 12.5. The lowest BCUT2D eigenvalue weighted by Crippen LogP contribution is -2.55. The van der Waals surface area contributed by atoms with E-state index in [0.717, 1.165) is 51.4 Å². The van der Waals surface area contributed by atoms with Crippen molar-refractivity contribution in [3.8, 4) is 0 Å². The van der Waals surface area contributed by atoms with Crippen molar-refractivity contribution in [3.05, 3.63) is 11.6 Å². The minimum absolute atomic E-state index is 0.133. The Kier molecular flexibility index (Phi) is 4.61. The number of ketones is 1. The number of carbonyl (C=O) groups excluding carboxylic acids is 2. The highest BCUT2D eigenvalue weighted by molar-refractivity contribution is 6.17. The zero-order valence-corrected chi connectivity index (χ0v) is 16.5. The summed E-state index contributed by atoms with van der Waals surface area (Å²) in [6, 6.07) is -0.181. The van der Waals surface area contributed by atoms with E-state index in [4.69, 9.17) is 21.1 Å². The molecule has 6 atom stereocenters. The van der Waals surface area contributed by atoms with E-state index in [-0.39, 0.29) is 23.0 Å². The van der Waals surface area contributed by atoms with Crippen molar-refractivity contribution in [1.29, 1.82) is 0 Å². The first-order valence-corrected chi connectivity index (χ1v) is 10.6. The lowest BCUT2D eigenvalue weighted by atomic mass is 9.47. The summed E-state index contributed by atoms with van der Waals surface area (Å²) < 4.78 is 10.6. The van der Waals surface area contributed by atoms with Crippen LogP contribution in [-0.2, 0) is 14.3 Å². The number of fused-ring (bicyclic) bond motifs is 5. The Morgan fingerprint density at radius 2 is 2.04 bits per heavy atom. The number of allylic oxidation sites excluding steroid dienone is 1. The van der Waals surface area contributed by atoms with E-state index in [9.17, 15) is 9.59 Å². The van der Waals surface area contributed by atoms with Crippen LogP contribution < -0.4 is 0 Å². The van der Waals surface area contributed by atoms with Crippen LogP contribution >= 0.6 is 11.6 Å². The minimum atomic E-state index is -0.661. The van der Waals surface area contributed by atoms with Crippen molar-refractivity contribution in [2.45, 2.75) is 71.3 Å². The molecule has 0 radical (unpaired) electrons. The topological polar surface area (TPSA) is 52.6 Å². The van der Waals surface area contributed by atoms with Gasteiger partial charge in [-0.15, -0.1) is 0 Å². The standard InChI is InChI=1S/C21H29ClO4/c1-20-11-10-16-14(15(20)8-9-17(20)23)7-6-13-4-3-5-18(21(13,16)2)26-19(24)25-12-22/h6,14-16,18H,3-5,7-12H2,1-2H3/t14-,15-,16-,18?,20-,21-/m0/s1. The van der Waals surface area contributed by atoms with Gasteiger partial charge in [-0.3, -0.25) is 4.79 Å². The molecule has 3 fully saturated rings. The van der Waals surface area contributed by atoms with Crippen molar-refractivity contribution in [2.75, 3.05) is 6.07 Å². The van der Waals surface area contributed by atoms with Gasteiger partial charge in [-0.1, -0.05) is 37.1 Å². The van der Waals surface area contributed by atoms with E-state index in [1.165, 1.54) is 5.57 Å². The van der Waals surface area contributed by atoms with Gasteiger partial charge < -0.3 is 9.47 Å². The van der Waals surface area contributed by atoms with Crippen molar-refractivity contribution in [2.24, 2.45) is 28.6 Å². The zero-order chi connectivity index (χ0) is 18.5. The first-order valence-electron chi connectivity index (χ1n) is 10.0. The Hall–Kier alpha value is -1.03. The molecule has 0 bridgehead atoms. The molecule has 144 valence electrons. The lowest BCUT2D eigenvalue weighted by Gasteiger charge is -2.58. The number of rotatable bonds is 2. The average Bonchev–Trinajstić information content (AvgIpc) is 2.91. The molecule has 0 saturated heterocycles. The van der Waals surface area contributed by atoms with E-state index in [1.54, 1.807) is 0 Å². The fraction of sp³-hybridized carbons (Fsp3) is 0.810. The van der Waals surface area contributed by atoms with Crippen molar-refractivity contribution in [3.63, 3.8) is 0 Å². The third-order valence-corrected chi connectivity index (χ3v) is 8.35. The number of Topliss-reactive ketones (excluding diaryl/α,β-unsaturated/α-hetero) is 1. The van der Waals surface area contributed by atoms with Gasteiger partial charge in [0.1, 0.15) is 11.9 Å². The lowest BCUT2D eigenvalue weighted by molar-refractivity contribution is -0.135. The maximum Gasteiger partial charge on any atom is 0.509 e. The number of carbonyl (C=O) groups is 2. The normalized spacial score (nSPS) is 44.4. The van der Waals surface area contributed by atoms with Crippen LogP contribution in [0.3, 0.4) is 0 Å². The Balaban J connectivity index is 1.65. The monoisotopic (exact) mass is 380 g/mol. The number of alkyl halides is 1. The molecule has 0 aliphatic heterocycles. The van der Waals surface area contributed by atoms with Crippen LogP contribution in [0.15, 0.2) is 11.6 Å². The van der Waals surface area contributed by atoms with Crippen LogP contribution in [-0.4, -0.2) is 24.1 Å². The predicted octanol–water partition coefficient (Wildman–Crippen LogP) is 5.24. The van der Waals surface area contributed by atoms with Gasteiger partial charge in [0.25, 0.3) is 0 Å². The summed E-state index contributed by atoms with van der Waals surface area (Å²) in [6.07, 6.45) is 9.42. The largest absolute Gasteiger partial charge is 0.509 e. The highest BCUT2D eigenvalue weighted by Crippen LogP contribution is 2.64. The molecule has 0 amide bonds. The summed E-state index contributed by atoms with van der Waals surface area (Å²) in [5.74, 6) is 1.92. The summed E-state index contributed by atoms with van der Waals surface area (Å²) in [6.45, 7) is 4.48. The predicted molar refractivity (Wildman–Crippen MR) is 98.8 cm³/mol. The number of halogens is 1. The van der Waals surface area contributed by atoms with Gasteiger partial charge in [0.15, 0.2) is 6.07 Å². The van der Waals surface area contributed by atoms with Crippen LogP contribution in [0.4, 0.5) is 4.79 Å². The third kappa shape index (κ3) is 2.55. The molecule has 5 heteroatoms. The SMILES string of the molecule is C[C@]12CC[C@H]3[C@@H](CC=C4CCCC(OC(=O)OCCl)[C@@]43C)[C@@H]1CCC2=O. The minimum Gasteiger partial charge on any atom is -0.430 e. The Morgan fingerprint density at radius 3 is 2.81 bits per heavy atom. The third-order valence-electron chi connectivity index (χ3n) is 8.24. The molecule has 0 spiro atoms. The summed E-state index contributed by atoms with van der Waals surface area (Å²) in [7, 11) is 0. The molecule has 0 heterocycles. The van der Waals surface area contributed by atoms with Crippen molar-refractivity contribution < 1.29 is 19.1 Å². The molecule has 4 aliphatic carbocycles. The summed E-state index contributed by atoms with van der Waals surface area (Å²) >= 11 is 5.52. The molecule has 0 aromatic carbocycles. The molecule has 0 aromatic rings. The van der Waals surface area contributed by atoms with Crippen LogP contribution in [0.25, 0.3) is 0 Å². The summed E-state index contributed by atoms with van der Waals surface area (Å²) in [4.78, 5) is 24.5. The smallest absolute Gasteiger partial charge is 0.430 e. The second-order valence-corrected chi connectivity index (χ2v) is 9.26. The van der Waals surface area contributed by atoms with E-state index in [2.05, 4.69) is 19.9 Å². The van der Waals surface area contributed by atoms with E-state index in [0.29, 0.717) is 23.5 Å².